The normalized spacial score (nSPS) is 10.1. The molecule has 2 rings (SSSR count). The first-order valence-corrected chi connectivity index (χ1v) is 5.54. The summed E-state index contributed by atoms with van der Waals surface area (Å²) in [5.41, 5.74) is 0.242. The summed E-state index contributed by atoms with van der Waals surface area (Å²) in [7, 11) is 0. The van der Waals surface area contributed by atoms with Crippen LogP contribution in [0.2, 0.25) is 0 Å². The number of hydrogen-bond donors (Lipinski definition) is 4. The van der Waals surface area contributed by atoms with Gasteiger partial charge in [-0.15, -0.1) is 0 Å². The van der Waals surface area contributed by atoms with Crippen LogP contribution in [0.5, 0.6) is 11.6 Å². The summed E-state index contributed by atoms with van der Waals surface area (Å²) in [5, 5.41) is 21.1. The van der Waals surface area contributed by atoms with Crippen molar-refractivity contribution in [3.63, 3.8) is 0 Å². The maximum atomic E-state index is 11.8. The molecule has 4 N–H and O–H groups in total. The predicted octanol–water partition coefficient (Wildman–Crippen LogP) is 0.716. The van der Waals surface area contributed by atoms with Gasteiger partial charge < -0.3 is 15.5 Å². The van der Waals surface area contributed by atoms with Gasteiger partial charge in [0.05, 0.1) is 5.56 Å². The first-order chi connectivity index (χ1) is 9.04. The van der Waals surface area contributed by atoms with Crippen LogP contribution in [0.4, 0.5) is 0 Å². The van der Waals surface area contributed by atoms with Gasteiger partial charge in [-0.3, -0.25) is 14.6 Å². The molecule has 0 bridgehead atoms. The molecule has 0 spiro atoms. The molecule has 0 fully saturated rings. The van der Waals surface area contributed by atoms with E-state index in [2.05, 4.69) is 10.3 Å². The molecule has 19 heavy (non-hydrogen) atoms. The minimum atomic E-state index is -0.553. The van der Waals surface area contributed by atoms with E-state index in [0.29, 0.717) is 0 Å². The zero-order chi connectivity index (χ0) is 13.8. The van der Waals surface area contributed by atoms with Gasteiger partial charge in [0.25, 0.3) is 11.5 Å². The third-order valence-corrected chi connectivity index (χ3v) is 2.46. The van der Waals surface area contributed by atoms with Crippen LogP contribution in [0.15, 0.2) is 41.2 Å². The van der Waals surface area contributed by atoms with Crippen molar-refractivity contribution in [3.05, 3.63) is 57.9 Å². The highest BCUT2D eigenvalue weighted by atomic mass is 16.3. The van der Waals surface area contributed by atoms with E-state index in [4.69, 9.17) is 0 Å². The molecular weight excluding hydrogens is 248 g/mol. The smallest absolute Gasteiger partial charge is 0.251 e. The molecule has 98 valence electrons. The Labute approximate surface area is 108 Å². The van der Waals surface area contributed by atoms with Gasteiger partial charge in [0.1, 0.15) is 5.75 Å². The van der Waals surface area contributed by atoms with Crippen molar-refractivity contribution in [2.75, 3.05) is 0 Å². The number of rotatable bonds is 3. The van der Waals surface area contributed by atoms with E-state index >= 15 is 0 Å². The van der Waals surface area contributed by atoms with Crippen LogP contribution in [0.25, 0.3) is 0 Å². The second-order valence-electron chi connectivity index (χ2n) is 3.97. The van der Waals surface area contributed by atoms with E-state index in [1.165, 1.54) is 18.2 Å². The predicted molar refractivity (Wildman–Crippen MR) is 68.0 cm³/mol. The largest absolute Gasteiger partial charge is 0.508 e. The van der Waals surface area contributed by atoms with E-state index in [9.17, 15) is 19.8 Å². The lowest BCUT2D eigenvalue weighted by Gasteiger charge is -2.05. The Morgan fingerprint density at radius 2 is 2.00 bits per heavy atom. The van der Waals surface area contributed by atoms with Gasteiger partial charge in [0.2, 0.25) is 0 Å². The van der Waals surface area contributed by atoms with Crippen molar-refractivity contribution in [3.8, 4) is 11.6 Å². The molecule has 0 saturated carbocycles. The van der Waals surface area contributed by atoms with Crippen LogP contribution >= 0.6 is 0 Å². The Hall–Kier alpha value is -2.76. The molecule has 0 saturated heterocycles. The fourth-order valence-corrected chi connectivity index (χ4v) is 1.61. The Balaban J connectivity index is 2.07. The number of carbonyl (C=O) groups is 1. The quantitative estimate of drug-likeness (QED) is 0.652. The van der Waals surface area contributed by atoms with Gasteiger partial charge >= 0.3 is 0 Å². The molecule has 6 nitrogen and oxygen atoms in total. The van der Waals surface area contributed by atoms with E-state index in [1.807, 2.05) is 0 Å². The lowest BCUT2D eigenvalue weighted by atomic mass is 10.2. The SMILES string of the molecule is O=C(NCc1cccc(O)c1)c1cc(O)[nH]c(=O)c1. The molecular formula is C13H12N2O4. The number of aromatic nitrogens is 1. The highest BCUT2D eigenvalue weighted by Crippen LogP contribution is 2.11. The average molecular weight is 260 g/mol. The van der Waals surface area contributed by atoms with Crippen molar-refractivity contribution < 1.29 is 15.0 Å². The maximum absolute atomic E-state index is 11.8. The molecule has 0 aliphatic carbocycles. The average Bonchev–Trinajstić information content (AvgIpc) is 2.35. The molecule has 0 radical (unpaired) electrons. The number of pyridine rings is 1. The third-order valence-electron chi connectivity index (χ3n) is 2.46. The van der Waals surface area contributed by atoms with Crippen LogP contribution < -0.4 is 10.9 Å². The lowest BCUT2D eigenvalue weighted by molar-refractivity contribution is 0.0950. The molecule has 0 aliphatic rings. The molecule has 1 heterocycles. The van der Waals surface area contributed by atoms with E-state index < -0.39 is 11.5 Å². The summed E-state index contributed by atoms with van der Waals surface area (Å²) in [6.07, 6.45) is 0. The number of nitrogens with one attached hydrogen (secondary N) is 2. The lowest BCUT2D eigenvalue weighted by Crippen LogP contribution is -2.24. The maximum Gasteiger partial charge on any atom is 0.251 e. The van der Waals surface area contributed by atoms with Crippen LogP contribution in [0, 0.1) is 0 Å². The number of phenolic OH excluding ortho intramolecular Hbond substituents is 1. The molecule has 1 aromatic carbocycles. The Morgan fingerprint density at radius 3 is 2.68 bits per heavy atom. The van der Waals surface area contributed by atoms with Crippen molar-refractivity contribution in [1.29, 1.82) is 0 Å². The number of phenols is 1. The summed E-state index contributed by atoms with van der Waals surface area (Å²) in [6, 6.07) is 8.72. The van der Waals surface area contributed by atoms with Gasteiger partial charge in [-0.1, -0.05) is 12.1 Å². The van der Waals surface area contributed by atoms with E-state index in [1.54, 1.807) is 12.1 Å². The first-order valence-electron chi connectivity index (χ1n) is 5.54. The van der Waals surface area contributed by atoms with Crippen LogP contribution in [0.3, 0.4) is 0 Å². The molecule has 0 unspecified atom stereocenters. The van der Waals surface area contributed by atoms with Crippen LogP contribution in [0.1, 0.15) is 15.9 Å². The van der Waals surface area contributed by atoms with Crippen molar-refractivity contribution in [1.82, 2.24) is 10.3 Å². The number of H-pyrrole nitrogens is 1. The van der Waals surface area contributed by atoms with E-state index in [-0.39, 0.29) is 23.7 Å². The van der Waals surface area contributed by atoms with Gasteiger partial charge in [-0.25, -0.2) is 0 Å². The highest BCUT2D eigenvalue weighted by Gasteiger charge is 2.07. The number of carbonyl (C=O) groups excluding carboxylic acids is 1. The van der Waals surface area contributed by atoms with E-state index in [0.717, 1.165) is 11.6 Å². The minimum absolute atomic E-state index is 0.0707. The summed E-state index contributed by atoms with van der Waals surface area (Å²) < 4.78 is 0. The summed E-state index contributed by atoms with van der Waals surface area (Å²) in [4.78, 5) is 25.0. The second kappa shape index (κ2) is 5.26. The molecule has 0 atom stereocenters. The van der Waals surface area contributed by atoms with Gasteiger partial charge in [-0.2, -0.15) is 0 Å². The highest BCUT2D eigenvalue weighted by molar-refractivity contribution is 5.94. The Kier molecular flexibility index (Phi) is 3.51. The van der Waals surface area contributed by atoms with Crippen molar-refractivity contribution >= 4 is 5.91 Å². The summed E-state index contributed by atoms with van der Waals surface area (Å²) in [5.74, 6) is -0.736. The Bertz CT molecular complexity index is 664. The summed E-state index contributed by atoms with van der Waals surface area (Å²) >= 11 is 0. The molecule has 6 heteroatoms. The second-order valence-corrected chi connectivity index (χ2v) is 3.97. The minimum Gasteiger partial charge on any atom is -0.508 e. The number of amides is 1. The van der Waals surface area contributed by atoms with Crippen molar-refractivity contribution in [2.24, 2.45) is 0 Å². The fourth-order valence-electron chi connectivity index (χ4n) is 1.61. The molecule has 2 aromatic rings. The molecule has 1 amide bonds. The van der Waals surface area contributed by atoms with Gasteiger partial charge in [0, 0.05) is 18.7 Å². The standard InChI is InChI=1S/C13H12N2O4/c16-10-3-1-2-8(4-10)7-14-13(19)9-5-11(17)15-12(18)6-9/h1-6,16H,7H2,(H,14,19)(H2,15,17,18). The van der Waals surface area contributed by atoms with Crippen molar-refractivity contribution in [2.45, 2.75) is 6.54 Å². The van der Waals surface area contributed by atoms with Gasteiger partial charge in [0.15, 0.2) is 5.88 Å². The first kappa shape index (κ1) is 12.7. The topological polar surface area (TPSA) is 102 Å². The van der Waals surface area contributed by atoms with Gasteiger partial charge in [-0.05, 0) is 17.7 Å². The fraction of sp³-hybridized carbons (Fsp3) is 0.0769. The number of hydrogen-bond acceptors (Lipinski definition) is 4. The van der Waals surface area contributed by atoms with Crippen LogP contribution in [-0.2, 0) is 6.54 Å². The van der Waals surface area contributed by atoms with Crippen LogP contribution in [-0.4, -0.2) is 21.1 Å². The number of aromatic amines is 1. The third kappa shape index (κ3) is 3.35. The zero-order valence-electron chi connectivity index (χ0n) is 9.88. The zero-order valence-corrected chi connectivity index (χ0v) is 9.88. The number of benzene rings is 1. The molecule has 0 aliphatic heterocycles. The molecule has 1 aromatic heterocycles. The Morgan fingerprint density at radius 1 is 1.21 bits per heavy atom. The number of aromatic hydroxyl groups is 2. The monoisotopic (exact) mass is 260 g/mol. The summed E-state index contributed by atoms with van der Waals surface area (Å²) in [6.45, 7) is 0.209.